The van der Waals surface area contributed by atoms with Crippen molar-refractivity contribution in [3.05, 3.63) is 75.9 Å². The van der Waals surface area contributed by atoms with E-state index in [1.807, 2.05) is 6.07 Å². The second kappa shape index (κ2) is 12.6. The van der Waals surface area contributed by atoms with Crippen LogP contribution in [0, 0.1) is 17.2 Å². The number of thioether (sulfide) groups is 1. The number of hydrogen-bond acceptors (Lipinski definition) is 6. The van der Waals surface area contributed by atoms with Gasteiger partial charge in [-0.2, -0.15) is 0 Å². The standard InChI is InChI=1S/C31H35FN2O4S2/c1-6-38-30(37)26-23-15-14-19(31(3,4)5)16-25(23)40-29(26)34-27(35)18(2)39-21-11-9-10-20(17-21)33-28(36)22-12-7-8-13-24(22)32/h7-13,17-19H,6,14-16H2,1-5H3,(H,33,36)(H,34,35). The fourth-order valence-corrected chi connectivity index (χ4v) is 7.04. The van der Waals surface area contributed by atoms with Gasteiger partial charge in [-0.1, -0.05) is 39.0 Å². The molecule has 0 saturated heterocycles. The molecule has 212 valence electrons. The predicted molar refractivity (Wildman–Crippen MR) is 160 cm³/mol. The summed E-state index contributed by atoms with van der Waals surface area (Å²) in [6.45, 7) is 10.5. The minimum Gasteiger partial charge on any atom is -0.462 e. The number of nitrogens with one attached hydrogen (secondary N) is 2. The van der Waals surface area contributed by atoms with Crippen molar-refractivity contribution in [1.29, 1.82) is 0 Å². The lowest BCUT2D eigenvalue weighted by atomic mass is 9.72. The number of hydrogen-bond donors (Lipinski definition) is 2. The van der Waals surface area contributed by atoms with Crippen molar-refractivity contribution in [1.82, 2.24) is 0 Å². The molecule has 1 heterocycles. The summed E-state index contributed by atoms with van der Waals surface area (Å²) in [5, 5.41) is 5.77. The third-order valence-electron chi connectivity index (χ3n) is 7.10. The number of carbonyl (C=O) groups excluding carboxylic acids is 3. The largest absolute Gasteiger partial charge is 0.462 e. The number of ether oxygens (including phenoxy) is 1. The summed E-state index contributed by atoms with van der Waals surface area (Å²) in [5.41, 5.74) is 2.09. The van der Waals surface area contributed by atoms with Crippen LogP contribution >= 0.6 is 23.1 Å². The lowest BCUT2D eigenvalue weighted by Crippen LogP contribution is -2.27. The van der Waals surface area contributed by atoms with Gasteiger partial charge in [-0.15, -0.1) is 23.1 Å². The van der Waals surface area contributed by atoms with Crippen molar-refractivity contribution in [3.63, 3.8) is 0 Å². The number of esters is 1. The molecule has 2 atom stereocenters. The van der Waals surface area contributed by atoms with Crippen LogP contribution in [0.3, 0.4) is 0 Å². The number of rotatable bonds is 8. The minimum atomic E-state index is -0.595. The topological polar surface area (TPSA) is 84.5 Å². The van der Waals surface area contributed by atoms with Gasteiger partial charge in [0.15, 0.2) is 0 Å². The molecule has 1 aliphatic rings. The summed E-state index contributed by atoms with van der Waals surface area (Å²) in [4.78, 5) is 40.6. The summed E-state index contributed by atoms with van der Waals surface area (Å²) in [6, 6.07) is 12.8. The van der Waals surface area contributed by atoms with E-state index in [4.69, 9.17) is 4.74 Å². The first kappa shape index (κ1) is 29.8. The van der Waals surface area contributed by atoms with Crippen LogP contribution in [-0.2, 0) is 22.4 Å². The highest BCUT2D eigenvalue weighted by molar-refractivity contribution is 8.00. The smallest absolute Gasteiger partial charge is 0.341 e. The summed E-state index contributed by atoms with van der Waals surface area (Å²) in [5.74, 6) is -1.28. The van der Waals surface area contributed by atoms with Crippen LogP contribution in [0.1, 0.15) is 72.2 Å². The van der Waals surface area contributed by atoms with Gasteiger partial charge in [-0.3, -0.25) is 9.59 Å². The van der Waals surface area contributed by atoms with E-state index in [0.717, 1.165) is 34.6 Å². The zero-order valence-electron chi connectivity index (χ0n) is 23.4. The van der Waals surface area contributed by atoms with Gasteiger partial charge in [-0.25, -0.2) is 9.18 Å². The zero-order chi connectivity index (χ0) is 29.0. The molecule has 0 saturated carbocycles. The van der Waals surface area contributed by atoms with Crippen LogP contribution in [-0.4, -0.2) is 29.6 Å². The Bertz CT molecular complexity index is 1410. The maximum Gasteiger partial charge on any atom is 0.341 e. The van der Waals surface area contributed by atoms with Gasteiger partial charge in [0.25, 0.3) is 5.91 Å². The third kappa shape index (κ3) is 6.93. The molecule has 1 aliphatic carbocycles. The van der Waals surface area contributed by atoms with Crippen LogP contribution < -0.4 is 10.6 Å². The summed E-state index contributed by atoms with van der Waals surface area (Å²) in [6.07, 6.45) is 2.65. The Morgan fingerprint density at radius 3 is 2.58 bits per heavy atom. The molecule has 4 rings (SSSR count). The van der Waals surface area contributed by atoms with Crippen molar-refractivity contribution in [3.8, 4) is 0 Å². The first-order valence-corrected chi connectivity index (χ1v) is 15.1. The summed E-state index contributed by atoms with van der Waals surface area (Å²) in [7, 11) is 0. The van der Waals surface area contributed by atoms with E-state index in [-0.39, 0.29) is 23.5 Å². The van der Waals surface area contributed by atoms with Crippen molar-refractivity contribution >= 4 is 51.6 Å². The van der Waals surface area contributed by atoms with E-state index in [9.17, 15) is 18.8 Å². The molecule has 2 N–H and O–H groups in total. The van der Waals surface area contributed by atoms with E-state index < -0.39 is 22.9 Å². The molecular formula is C31H35FN2O4S2. The lowest BCUT2D eigenvalue weighted by Gasteiger charge is -2.33. The molecule has 2 amide bonds. The van der Waals surface area contributed by atoms with Crippen LogP contribution in [0.5, 0.6) is 0 Å². The van der Waals surface area contributed by atoms with Gasteiger partial charge in [0.05, 0.1) is 23.0 Å². The second-order valence-electron chi connectivity index (χ2n) is 10.9. The van der Waals surface area contributed by atoms with Crippen LogP contribution in [0.4, 0.5) is 15.1 Å². The Morgan fingerprint density at radius 2 is 1.88 bits per heavy atom. The zero-order valence-corrected chi connectivity index (χ0v) is 25.1. The third-order valence-corrected chi connectivity index (χ3v) is 9.36. The van der Waals surface area contributed by atoms with Crippen LogP contribution in [0.15, 0.2) is 53.4 Å². The molecule has 0 aliphatic heterocycles. The normalized spacial score (nSPS) is 15.6. The quantitative estimate of drug-likeness (QED) is 0.211. The van der Waals surface area contributed by atoms with Gasteiger partial charge in [-0.05, 0) is 80.3 Å². The van der Waals surface area contributed by atoms with Gasteiger partial charge in [0.2, 0.25) is 5.91 Å². The van der Waals surface area contributed by atoms with Crippen LogP contribution in [0.25, 0.3) is 0 Å². The van der Waals surface area contributed by atoms with Gasteiger partial charge in [0, 0.05) is 15.5 Å². The Kier molecular flexibility index (Phi) is 9.36. The Morgan fingerprint density at radius 1 is 1.12 bits per heavy atom. The molecule has 40 heavy (non-hydrogen) atoms. The summed E-state index contributed by atoms with van der Waals surface area (Å²) < 4.78 is 19.4. The molecule has 9 heteroatoms. The molecule has 2 unspecified atom stereocenters. The average Bonchev–Trinajstić information content (AvgIpc) is 3.25. The highest BCUT2D eigenvalue weighted by atomic mass is 32.2. The Balaban J connectivity index is 1.47. The van der Waals surface area contributed by atoms with Crippen LogP contribution in [0.2, 0.25) is 0 Å². The SMILES string of the molecule is CCOC(=O)c1c(NC(=O)C(C)Sc2cccc(NC(=O)c3ccccc3F)c2)sc2c1CCC(C(C)(C)C)C2. The Hall–Kier alpha value is -3.17. The monoisotopic (exact) mass is 582 g/mol. The molecule has 6 nitrogen and oxygen atoms in total. The van der Waals surface area contributed by atoms with E-state index in [1.54, 1.807) is 38.1 Å². The highest BCUT2D eigenvalue weighted by Gasteiger charge is 2.34. The first-order valence-electron chi connectivity index (χ1n) is 13.4. The number of benzene rings is 2. The molecule has 1 aromatic heterocycles. The molecule has 2 aromatic carbocycles. The Labute approximate surface area is 243 Å². The molecule has 0 spiro atoms. The van der Waals surface area contributed by atoms with Gasteiger partial charge in [0.1, 0.15) is 10.8 Å². The highest BCUT2D eigenvalue weighted by Crippen LogP contribution is 2.44. The van der Waals surface area contributed by atoms with Crippen molar-refractivity contribution in [2.75, 3.05) is 17.2 Å². The average molecular weight is 583 g/mol. The first-order chi connectivity index (χ1) is 19.0. The predicted octanol–water partition coefficient (Wildman–Crippen LogP) is 7.59. The second-order valence-corrected chi connectivity index (χ2v) is 13.5. The van der Waals surface area contributed by atoms with Gasteiger partial charge >= 0.3 is 5.97 Å². The number of thiophene rings is 1. The molecular weight excluding hydrogens is 547 g/mol. The molecule has 0 bridgehead atoms. The fraction of sp³-hybridized carbons (Fsp3) is 0.387. The summed E-state index contributed by atoms with van der Waals surface area (Å²) >= 11 is 2.80. The van der Waals surface area contributed by atoms with Gasteiger partial charge < -0.3 is 15.4 Å². The molecule has 0 radical (unpaired) electrons. The van der Waals surface area contributed by atoms with Crippen molar-refractivity contribution in [2.24, 2.45) is 11.3 Å². The maximum absolute atomic E-state index is 14.0. The van der Waals surface area contributed by atoms with E-state index in [0.29, 0.717) is 22.2 Å². The van der Waals surface area contributed by atoms with E-state index in [2.05, 4.69) is 31.4 Å². The fourth-order valence-electron chi connectivity index (χ4n) is 4.79. The number of amides is 2. The lowest BCUT2D eigenvalue weighted by molar-refractivity contribution is -0.115. The van der Waals surface area contributed by atoms with E-state index >= 15 is 0 Å². The van der Waals surface area contributed by atoms with Crippen molar-refractivity contribution < 1.29 is 23.5 Å². The number of carbonyl (C=O) groups is 3. The van der Waals surface area contributed by atoms with E-state index in [1.165, 1.54) is 41.3 Å². The minimum absolute atomic E-state index is 0.0434. The number of anilines is 2. The van der Waals surface area contributed by atoms with Crippen molar-refractivity contribution in [2.45, 2.75) is 64.0 Å². The number of fused-ring (bicyclic) bond motifs is 1. The maximum atomic E-state index is 14.0. The number of halogens is 1. The molecule has 3 aromatic rings. The molecule has 0 fully saturated rings.